The Kier molecular flexibility index (Phi) is 3.79. The van der Waals surface area contributed by atoms with Crippen LogP contribution in [0.25, 0.3) is 0 Å². The van der Waals surface area contributed by atoms with Crippen LogP contribution in [0.3, 0.4) is 0 Å². The predicted molar refractivity (Wildman–Crippen MR) is 65.9 cm³/mol. The molecule has 2 rings (SSSR count). The summed E-state index contributed by atoms with van der Waals surface area (Å²) in [5, 5.41) is 0.807. The van der Waals surface area contributed by atoms with Gasteiger partial charge in [-0.15, -0.1) is 0 Å². The summed E-state index contributed by atoms with van der Waals surface area (Å²) >= 11 is 5.85. The van der Waals surface area contributed by atoms with Crippen molar-refractivity contribution in [3.05, 3.63) is 34.9 Å². The SMILES string of the molecule is Clc1ccc(CC2=NCCCCC2)cc1. The van der Waals surface area contributed by atoms with Crippen LogP contribution in [0.2, 0.25) is 5.02 Å². The molecule has 0 saturated heterocycles. The van der Waals surface area contributed by atoms with Crippen molar-refractivity contribution in [2.24, 2.45) is 4.99 Å². The summed E-state index contributed by atoms with van der Waals surface area (Å²) in [6.07, 6.45) is 6.05. The van der Waals surface area contributed by atoms with Crippen LogP contribution in [0.4, 0.5) is 0 Å². The van der Waals surface area contributed by atoms with E-state index in [4.69, 9.17) is 11.6 Å². The van der Waals surface area contributed by atoms with Crippen molar-refractivity contribution >= 4 is 17.3 Å². The topological polar surface area (TPSA) is 12.4 Å². The molecule has 2 heteroatoms. The molecule has 1 aromatic rings. The average molecular weight is 222 g/mol. The van der Waals surface area contributed by atoms with Gasteiger partial charge in [0.05, 0.1) is 0 Å². The number of hydrogen-bond acceptors (Lipinski definition) is 1. The van der Waals surface area contributed by atoms with E-state index in [1.165, 1.54) is 37.0 Å². The molecule has 0 atom stereocenters. The molecule has 1 nitrogen and oxygen atoms in total. The van der Waals surface area contributed by atoms with Gasteiger partial charge in [-0.2, -0.15) is 0 Å². The minimum atomic E-state index is 0.807. The van der Waals surface area contributed by atoms with Crippen molar-refractivity contribution in [2.45, 2.75) is 32.1 Å². The van der Waals surface area contributed by atoms with Crippen LogP contribution >= 0.6 is 11.6 Å². The highest BCUT2D eigenvalue weighted by Gasteiger charge is 2.05. The van der Waals surface area contributed by atoms with Crippen molar-refractivity contribution in [3.63, 3.8) is 0 Å². The number of halogens is 1. The third kappa shape index (κ3) is 3.35. The average Bonchev–Trinajstić information content (AvgIpc) is 2.50. The number of benzene rings is 1. The smallest absolute Gasteiger partial charge is 0.0406 e. The highest BCUT2D eigenvalue weighted by Crippen LogP contribution is 2.14. The fourth-order valence-corrected chi connectivity index (χ4v) is 2.04. The van der Waals surface area contributed by atoms with Crippen molar-refractivity contribution in [3.8, 4) is 0 Å². The first-order chi connectivity index (χ1) is 7.34. The van der Waals surface area contributed by atoms with Crippen LogP contribution in [0.5, 0.6) is 0 Å². The van der Waals surface area contributed by atoms with Gasteiger partial charge in [0.25, 0.3) is 0 Å². The van der Waals surface area contributed by atoms with Gasteiger partial charge in [0.1, 0.15) is 0 Å². The molecule has 1 aromatic carbocycles. The molecule has 0 fully saturated rings. The third-order valence-electron chi connectivity index (χ3n) is 2.78. The quantitative estimate of drug-likeness (QED) is 0.719. The maximum Gasteiger partial charge on any atom is 0.0406 e. The normalized spacial score (nSPS) is 17.0. The number of rotatable bonds is 2. The Morgan fingerprint density at radius 1 is 1.07 bits per heavy atom. The zero-order valence-electron chi connectivity index (χ0n) is 8.88. The summed E-state index contributed by atoms with van der Waals surface area (Å²) in [5.41, 5.74) is 2.68. The van der Waals surface area contributed by atoms with Gasteiger partial charge in [0.15, 0.2) is 0 Å². The molecule has 0 bridgehead atoms. The zero-order valence-corrected chi connectivity index (χ0v) is 9.63. The monoisotopic (exact) mass is 221 g/mol. The summed E-state index contributed by atoms with van der Waals surface area (Å²) in [6, 6.07) is 8.09. The lowest BCUT2D eigenvalue weighted by Crippen LogP contribution is -2.02. The van der Waals surface area contributed by atoms with E-state index in [0.717, 1.165) is 18.0 Å². The lowest BCUT2D eigenvalue weighted by atomic mass is 10.0. The van der Waals surface area contributed by atoms with E-state index in [2.05, 4.69) is 17.1 Å². The van der Waals surface area contributed by atoms with Gasteiger partial charge < -0.3 is 0 Å². The summed E-state index contributed by atoms with van der Waals surface area (Å²) < 4.78 is 0. The Hall–Kier alpha value is -0.820. The standard InChI is InChI=1S/C13H16ClN/c14-12-7-5-11(6-8-12)10-13-4-2-1-3-9-15-13/h5-8H,1-4,9-10H2. The van der Waals surface area contributed by atoms with E-state index >= 15 is 0 Å². The van der Waals surface area contributed by atoms with Gasteiger partial charge in [-0.1, -0.05) is 30.2 Å². The second kappa shape index (κ2) is 5.32. The molecule has 1 aliphatic heterocycles. The Morgan fingerprint density at radius 3 is 2.67 bits per heavy atom. The second-order valence-electron chi connectivity index (χ2n) is 4.06. The second-order valence-corrected chi connectivity index (χ2v) is 4.50. The fourth-order valence-electron chi connectivity index (χ4n) is 1.92. The van der Waals surface area contributed by atoms with Gasteiger partial charge in [0, 0.05) is 23.7 Å². The number of hydrogen-bond donors (Lipinski definition) is 0. The lowest BCUT2D eigenvalue weighted by molar-refractivity contribution is 0.730. The van der Waals surface area contributed by atoms with E-state index in [1.54, 1.807) is 0 Å². The van der Waals surface area contributed by atoms with Crippen LogP contribution in [-0.4, -0.2) is 12.3 Å². The summed E-state index contributed by atoms with van der Waals surface area (Å²) in [4.78, 5) is 4.62. The van der Waals surface area contributed by atoms with E-state index in [-0.39, 0.29) is 0 Å². The largest absolute Gasteiger partial charge is 0.294 e. The Labute approximate surface area is 96.2 Å². The van der Waals surface area contributed by atoms with Gasteiger partial charge in [-0.3, -0.25) is 4.99 Å². The molecule has 0 aliphatic carbocycles. The predicted octanol–water partition coefficient (Wildman–Crippen LogP) is 3.90. The van der Waals surface area contributed by atoms with Gasteiger partial charge in [0.2, 0.25) is 0 Å². The third-order valence-corrected chi connectivity index (χ3v) is 3.03. The lowest BCUT2D eigenvalue weighted by Gasteiger charge is -2.04. The zero-order chi connectivity index (χ0) is 10.5. The Bertz CT molecular complexity index is 340. The highest BCUT2D eigenvalue weighted by molar-refractivity contribution is 6.30. The van der Waals surface area contributed by atoms with E-state index in [1.807, 2.05) is 12.1 Å². The summed E-state index contributed by atoms with van der Waals surface area (Å²) in [5.74, 6) is 0. The Morgan fingerprint density at radius 2 is 1.87 bits per heavy atom. The van der Waals surface area contributed by atoms with E-state index < -0.39 is 0 Å². The first kappa shape index (κ1) is 10.7. The van der Waals surface area contributed by atoms with Gasteiger partial charge in [-0.25, -0.2) is 0 Å². The minimum Gasteiger partial charge on any atom is -0.294 e. The maximum atomic E-state index is 5.85. The molecule has 0 radical (unpaired) electrons. The van der Waals surface area contributed by atoms with Gasteiger partial charge in [-0.05, 0) is 37.0 Å². The van der Waals surface area contributed by atoms with Crippen molar-refractivity contribution < 1.29 is 0 Å². The van der Waals surface area contributed by atoms with Crippen LogP contribution in [0, 0.1) is 0 Å². The van der Waals surface area contributed by atoms with Crippen molar-refractivity contribution in [2.75, 3.05) is 6.54 Å². The highest BCUT2D eigenvalue weighted by atomic mass is 35.5. The molecule has 0 aromatic heterocycles. The molecular formula is C13H16ClN. The van der Waals surface area contributed by atoms with Crippen LogP contribution in [-0.2, 0) is 6.42 Å². The molecule has 0 N–H and O–H groups in total. The van der Waals surface area contributed by atoms with E-state index in [0.29, 0.717) is 0 Å². The van der Waals surface area contributed by atoms with Crippen LogP contribution in [0.1, 0.15) is 31.2 Å². The molecule has 0 spiro atoms. The van der Waals surface area contributed by atoms with Crippen molar-refractivity contribution in [1.29, 1.82) is 0 Å². The molecule has 0 unspecified atom stereocenters. The molecule has 0 saturated carbocycles. The van der Waals surface area contributed by atoms with Crippen molar-refractivity contribution in [1.82, 2.24) is 0 Å². The fraction of sp³-hybridized carbons (Fsp3) is 0.462. The first-order valence-corrected chi connectivity index (χ1v) is 5.99. The maximum absolute atomic E-state index is 5.85. The number of nitrogens with zero attached hydrogens (tertiary/aromatic N) is 1. The minimum absolute atomic E-state index is 0.807. The first-order valence-electron chi connectivity index (χ1n) is 5.61. The van der Waals surface area contributed by atoms with E-state index in [9.17, 15) is 0 Å². The molecule has 1 heterocycles. The van der Waals surface area contributed by atoms with Gasteiger partial charge >= 0.3 is 0 Å². The molecule has 15 heavy (non-hydrogen) atoms. The number of aliphatic imine (C=N–C) groups is 1. The summed E-state index contributed by atoms with van der Waals surface area (Å²) in [6.45, 7) is 1.02. The summed E-state index contributed by atoms with van der Waals surface area (Å²) in [7, 11) is 0. The Balaban J connectivity index is 2.01. The molecule has 80 valence electrons. The molecular weight excluding hydrogens is 206 g/mol. The van der Waals surface area contributed by atoms with Crippen LogP contribution in [0.15, 0.2) is 29.3 Å². The van der Waals surface area contributed by atoms with Crippen LogP contribution < -0.4 is 0 Å². The molecule has 0 amide bonds. The molecule has 1 aliphatic rings.